The van der Waals surface area contributed by atoms with Crippen LogP contribution in [0.3, 0.4) is 0 Å². The summed E-state index contributed by atoms with van der Waals surface area (Å²) in [5, 5.41) is 0. The standard InChI is InChI=1S/C10H16O3S/c1-7-5-6-10(4,14(11,12)13)9(3)8(7)2/h5-6,9H,1-4H3,(H,11,12,13). The van der Waals surface area contributed by atoms with E-state index in [1.54, 1.807) is 19.1 Å². The molecule has 0 amide bonds. The lowest BCUT2D eigenvalue weighted by molar-refractivity contribution is 0.418. The maximum Gasteiger partial charge on any atom is 0.274 e. The minimum atomic E-state index is -4.05. The van der Waals surface area contributed by atoms with Gasteiger partial charge in [0.2, 0.25) is 0 Å². The van der Waals surface area contributed by atoms with Gasteiger partial charge in [-0.3, -0.25) is 4.55 Å². The highest BCUT2D eigenvalue weighted by atomic mass is 32.2. The molecule has 0 aromatic rings. The second-order valence-corrected chi connectivity index (χ2v) is 5.91. The summed E-state index contributed by atoms with van der Waals surface area (Å²) in [4.78, 5) is 0. The fourth-order valence-electron chi connectivity index (χ4n) is 1.65. The molecule has 0 bridgehead atoms. The van der Waals surface area contributed by atoms with Crippen molar-refractivity contribution in [2.75, 3.05) is 0 Å². The predicted molar refractivity (Wildman–Crippen MR) is 56.6 cm³/mol. The number of allylic oxidation sites excluding steroid dienone is 3. The van der Waals surface area contributed by atoms with Gasteiger partial charge in [0.1, 0.15) is 4.75 Å². The Morgan fingerprint density at radius 1 is 1.43 bits per heavy atom. The van der Waals surface area contributed by atoms with Crippen molar-refractivity contribution >= 4 is 10.1 Å². The molecule has 0 aromatic heterocycles. The van der Waals surface area contributed by atoms with Gasteiger partial charge in [0.15, 0.2) is 0 Å². The van der Waals surface area contributed by atoms with Gasteiger partial charge in [0.05, 0.1) is 0 Å². The molecule has 1 aliphatic carbocycles. The third-order valence-electron chi connectivity index (χ3n) is 3.35. The molecule has 0 saturated heterocycles. The lowest BCUT2D eigenvalue weighted by Crippen LogP contribution is -2.41. The Hall–Kier alpha value is -0.610. The van der Waals surface area contributed by atoms with Crippen LogP contribution < -0.4 is 0 Å². The maximum atomic E-state index is 11.3. The Bertz CT molecular complexity index is 403. The SMILES string of the molecule is CC1=C(C)C(C)C(C)(S(=O)(=O)O)C=C1. The molecule has 1 aliphatic rings. The van der Waals surface area contributed by atoms with E-state index in [2.05, 4.69) is 0 Å². The highest BCUT2D eigenvalue weighted by Crippen LogP contribution is 2.37. The summed E-state index contributed by atoms with van der Waals surface area (Å²) in [6.07, 6.45) is 3.32. The Kier molecular flexibility index (Phi) is 2.63. The van der Waals surface area contributed by atoms with E-state index < -0.39 is 14.9 Å². The molecule has 0 radical (unpaired) electrons. The van der Waals surface area contributed by atoms with Crippen LogP contribution in [-0.2, 0) is 10.1 Å². The van der Waals surface area contributed by atoms with Crippen molar-refractivity contribution in [1.82, 2.24) is 0 Å². The van der Waals surface area contributed by atoms with Gasteiger partial charge in [-0.05, 0) is 20.8 Å². The van der Waals surface area contributed by atoms with Crippen LogP contribution >= 0.6 is 0 Å². The topological polar surface area (TPSA) is 54.4 Å². The van der Waals surface area contributed by atoms with Crippen molar-refractivity contribution in [2.45, 2.75) is 32.4 Å². The third kappa shape index (κ3) is 1.53. The Morgan fingerprint density at radius 3 is 2.36 bits per heavy atom. The second kappa shape index (κ2) is 3.21. The molecule has 80 valence electrons. The third-order valence-corrected chi connectivity index (χ3v) is 4.95. The lowest BCUT2D eigenvalue weighted by Gasteiger charge is -2.34. The normalized spacial score (nSPS) is 33.6. The molecule has 0 heterocycles. The van der Waals surface area contributed by atoms with Crippen molar-refractivity contribution in [1.29, 1.82) is 0 Å². The molecule has 0 aliphatic heterocycles. The van der Waals surface area contributed by atoms with E-state index >= 15 is 0 Å². The number of rotatable bonds is 1. The zero-order chi connectivity index (χ0) is 11.1. The summed E-state index contributed by atoms with van der Waals surface area (Å²) in [5.41, 5.74) is 2.08. The summed E-state index contributed by atoms with van der Waals surface area (Å²) in [5.74, 6) is -0.192. The molecule has 0 aromatic carbocycles. The first-order valence-electron chi connectivity index (χ1n) is 4.54. The summed E-state index contributed by atoms with van der Waals surface area (Å²) < 4.78 is 30.5. The van der Waals surface area contributed by atoms with Crippen molar-refractivity contribution in [3.8, 4) is 0 Å². The van der Waals surface area contributed by atoms with Crippen molar-refractivity contribution in [3.05, 3.63) is 23.3 Å². The molecule has 0 spiro atoms. The van der Waals surface area contributed by atoms with Crippen LogP contribution in [0, 0.1) is 5.92 Å². The molecule has 14 heavy (non-hydrogen) atoms. The zero-order valence-electron chi connectivity index (χ0n) is 8.90. The minimum absolute atomic E-state index is 0.192. The van der Waals surface area contributed by atoms with Gasteiger partial charge in [-0.15, -0.1) is 0 Å². The molecular formula is C10H16O3S. The molecule has 4 heteroatoms. The molecule has 2 atom stereocenters. The van der Waals surface area contributed by atoms with E-state index in [4.69, 9.17) is 0 Å². The van der Waals surface area contributed by atoms with Crippen molar-refractivity contribution in [2.24, 2.45) is 5.92 Å². The van der Waals surface area contributed by atoms with E-state index in [1.807, 2.05) is 20.8 Å². The molecule has 3 nitrogen and oxygen atoms in total. The van der Waals surface area contributed by atoms with Crippen LogP contribution in [0.5, 0.6) is 0 Å². The maximum absolute atomic E-state index is 11.3. The van der Waals surface area contributed by atoms with Gasteiger partial charge in [-0.1, -0.05) is 30.2 Å². The highest BCUT2D eigenvalue weighted by Gasteiger charge is 2.43. The molecular weight excluding hydrogens is 200 g/mol. The van der Waals surface area contributed by atoms with E-state index in [9.17, 15) is 13.0 Å². The van der Waals surface area contributed by atoms with Gasteiger partial charge < -0.3 is 0 Å². The first-order valence-corrected chi connectivity index (χ1v) is 5.98. The van der Waals surface area contributed by atoms with Crippen LogP contribution in [0.25, 0.3) is 0 Å². The molecule has 1 rings (SSSR count). The van der Waals surface area contributed by atoms with Gasteiger partial charge in [0, 0.05) is 5.92 Å². The summed E-state index contributed by atoms with van der Waals surface area (Å²) >= 11 is 0. The molecule has 0 saturated carbocycles. The average Bonchev–Trinajstić information content (AvgIpc) is 2.06. The van der Waals surface area contributed by atoms with Gasteiger partial charge >= 0.3 is 0 Å². The molecule has 0 fully saturated rings. The summed E-state index contributed by atoms with van der Waals surface area (Å²) in [6.45, 7) is 7.19. The first-order chi connectivity index (χ1) is 6.20. The number of hydrogen-bond donors (Lipinski definition) is 1. The van der Waals surface area contributed by atoms with E-state index in [0.29, 0.717) is 0 Å². The quantitative estimate of drug-likeness (QED) is 0.683. The highest BCUT2D eigenvalue weighted by molar-refractivity contribution is 7.87. The van der Waals surface area contributed by atoms with Crippen LogP contribution in [0.2, 0.25) is 0 Å². The molecule has 1 N–H and O–H groups in total. The largest absolute Gasteiger partial charge is 0.285 e. The first kappa shape index (κ1) is 11.5. The van der Waals surface area contributed by atoms with Crippen molar-refractivity contribution < 1.29 is 13.0 Å². The molecule has 2 unspecified atom stereocenters. The van der Waals surface area contributed by atoms with Crippen LogP contribution in [0.4, 0.5) is 0 Å². The van der Waals surface area contributed by atoms with E-state index in [1.165, 1.54) is 0 Å². The van der Waals surface area contributed by atoms with Crippen LogP contribution in [-0.4, -0.2) is 17.7 Å². The second-order valence-electron chi connectivity index (χ2n) is 4.08. The van der Waals surface area contributed by atoms with Gasteiger partial charge in [-0.25, -0.2) is 0 Å². The predicted octanol–water partition coefficient (Wildman–Crippen LogP) is 2.18. The van der Waals surface area contributed by atoms with Crippen molar-refractivity contribution in [3.63, 3.8) is 0 Å². The Labute approximate surface area is 85.3 Å². The fourth-order valence-corrected chi connectivity index (χ4v) is 2.51. The monoisotopic (exact) mass is 216 g/mol. The minimum Gasteiger partial charge on any atom is -0.285 e. The van der Waals surface area contributed by atoms with Crippen LogP contribution in [0.1, 0.15) is 27.7 Å². The summed E-state index contributed by atoms with van der Waals surface area (Å²) in [6, 6.07) is 0. The van der Waals surface area contributed by atoms with Gasteiger partial charge in [0.25, 0.3) is 10.1 Å². The van der Waals surface area contributed by atoms with E-state index in [-0.39, 0.29) is 5.92 Å². The fraction of sp³-hybridized carbons (Fsp3) is 0.600. The van der Waals surface area contributed by atoms with Crippen LogP contribution in [0.15, 0.2) is 23.3 Å². The van der Waals surface area contributed by atoms with Gasteiger partial charge in [-0.2, -0.15) is 8.42 Å². The van der Waals surface area contributed by atoms with E-state index in [0.717, 1.165) is 11.1 Å². The zero-order valence-corrected chi connectivity index (χ0v) is 9.72. The smallest absolute Gasteiger partial charge is 0.274 e. The number of hydrogen-bond acceptors (Lipinski definition) is 2. The summed E-state index contributed by atoms with van der Waals surface area (Å²) in [7, 11) is -4.05. The Balaban J connectivity index is 3.29. The lowest BCUT2D eigenvalue weighted by atomic mass is 9.82. The Morgan fingerprint density at radius 2 is 1.93 bits per heavy atom. The average molecular weight is 216 g/mol.